The molecule has 0 saturated heterocycles. The van der Waals surface area contributed by atoms with Gasteiger partial charge >= 0.3 is 0 Å². The van der Waals surface area contributed by atoms with E-state index in [9.17, 15) is 9.59 Å². The summed E-state index contributed by atoms with van der Waals surface area (Å²) in [4.78, 5) is 27.3. The molecule has 1 N–H and O–H groups in total. The van der Waals surface area contributed by atoms with Crippen molar-refractivity contribution in [2.45, 2.75) is 26.3 Å². The van der Waals surface area contributed by atoms with Crippen LogP contribution in [0, 0.1) is 0 Å². The van der Waals surface area contributed by atoms with Crippen molar-refractivity contribution in [2.24, 2.45) is 0 Å². The number of nitrogens with one attached hydrogen (secondary N) is 1. The zero-order valence-electron chi connectivity index (χ0n) is 18.0. The van der Waals surface area contributed by atoms with Crippen molar-refractivity contribution in [3.63, 3.8) is 0 Å². The summed E-state index contributed by atoms with van der Waals surface area (Å²) in [6.07, 6.45) is 1.95. The Morgan fingerprint density at radius 1 is 0.935 bits per heavy atom. The first-order valence-corrected chi connectivity index (χ1v) is 10.5. The van der Waals surface area contributed by atoms with Crippen molar-refractivity contribution in [2.75, 3.05) is 19.0 Å². The molecule has 0 spiro atoms. The second-order valence-corrected chi connectivity index (χ2v) is 7.38. The lowest BCUT2D eigenvalue weighted by Gasteiger charge is -2.18. The van der Waals surface area contributed by atoms with Gasteiger partial charge in [0.15, 0.2) is 0 Å². The minimum absolute atomic E-state index is 0.108. The van der Waals surface area contributed by atoms with Gasteiger partial charge in [-0.25, -0.2) is 0 Å². The fourth-order valence-corrected chi connectivity index (χ4v) is 3.18. The molecule has 31 heavy (non-hydrogen) atoms. The topological polar surface area (TPSA) is 58.6 Å². The monoisotopic (exact) mass is 416 g/mol. The summed E-state index contributed by atoms with van der Waals surface area (Å²) in [6, 6.07) is 24.0. The average Bonchev–Trinajstić information content (AvgIpc) is 2.80. The predicted octanol–water partition coefficient (Wildman–Crippen LogP) is 5.39. The van der Waals surface area contributed by atoms with Gasteiger partial charge in [-0.1, -0.05) is 61.9 Å². The number of hydrogen-bond acceptors (Lipinski definition) is 3. The SMILES string of the molecule is CCCCOc1ccccc1C(=O)Nc1cccc(C(=O)N(C)Cc2ccccc2)c1. The van der Waals surface area contributed by atoms with Crippen molar-refractivity contribution in [3.05, 3.63) is 95.6 Å². The van der Waals surface area contributed by atoms with Crippen LogP contribution in [0.1, 0.15) is 46.0 Å². The van der Waals surface area contributed by atoms with E-state index in [0.717, 1.165) is 18.4 Å². The largest absolute Gasteiger partial charge is 0.493 e. The van der Waals surface area contributed by atoms with Crippen LogP contribution in [0.5, 0.6) is 5.75 Å². The number of benzene rings is 3. The first kappa shape index (κ1) is 22.1. The van der Waals surface area contributed by atoms with E-state index < -0.39 is 0 Å². The molecule has 3 aromatic carbocycles. The normalized spacial score (nSPS) is 10.4. The van der Waals surface area contributed by atoms with E-state index in [0.29, 0.717) is 35.7 Å². The molecular weight excluding hydrogens is 388 g/mol. The highest BCUT2D eigenvalue weighted by Crippen LogP contribution is 2.21. The average molecular weight is 417 g/mol. The van der Waals surface area contributed by atoms with E-state index in [1.165, 1.54) is 0 Å². The highest BCUT2D eigenvalue weighted by atomic mass is 16.5. The Morgan fingerprint density at radius 3 is 2.45 bits per heavy atom. The smallest absolute Gasteiger partial charge is 0.259 e. The van der Waals surface area contributed by atoms with Gasteiger partial charge in [0.05, 0.1) is 12.2 Å². The van der Waals surface area contributed by atoms with E-state index in [1.807, 2.05) is 36.4 Å². The van der Waals surface area contributed by atoms with Crippen LogP contribution in [-0.2, 0) is 6.54 Å². The summed E-state index contributed by atoms with van der Waals surface area (Å²) >= 11 is 0. The molecule has 2 amide bonds. The van der Waals surface area contributed by atoms with Gasteiger partial charge in [-0.05, 0) is 42.3 Å². The lowest BCUT2D eigenvalue weighted by molar-refractivity contribution is 0.0784. The summed E-state index contributed by atoms with van der Waals surface area (Å²) < 4.78 is 5.76. The number of para-hydroxylation sites is 1. The Labute approximate surface area is 183 Å². The molecule has 0 atom stereocenters. The van der Waals surface area contributed by atoms with Gasteiger partial charge in [-0.15, -0.1) is 0 Å². The van der Waals surface area contributed by atoms with E-state index in [1.54, 1.807) is 54.4 Å². The number of carbonyl (C=O) groups excluding carboxylic acids is 2. The standard InChI is InChI=1S/C26H28N2O3/c1-3-4-17-31-24-16-9-8-15-23(24)25(29)27-22-14-10-13-21(18-22)26(30)28(2)19-20-11-6-5-7-12-20/h5-16,18H,3-4,17,19H2,1-2H3,(H,27,29). The Kier molecular flexibility index (Phi) is 7.82. The minimum Gasteiger partial charge on any atom is -0.493 e. The van der Waals surface area contributed by atoms with Gasteiger partial charge in [0, 0.05) is 24.8 Å². The number of carbonyl (C=O) groups is 2. The molecular formula is C26H28N2O3. The number of anilines is 1. The summed E-state index contributed by atoms with van der Waals surface area (Å²) in [5.41, 5.74) is 2.61. The zero-order valence-corrected chi connectivity index (χ0v) is 18.0. The van der Waals surface area contributed by atoms with Crippen LogP contribution in [0.2, 0.25) is 0 Å². The van der Waals surface area contributed by atoms with Crippen molar-refractivity contribution in [1.82, 2.24) is 4.90 Å². The lowest BCUT2D eigenvalue weighted by Crippen LogP contribution is -2.26. The van der Waals surface area contributed by atoms with Gasteiger partial charge in [0.25, 0.3) is 11.8 Å². The number of amides is 2. The number of unbranched alkanes of at least 4 members (excludes halogenated alkanes) is 1. The second kappa shape index (κ2) is 11.0. The van der Waals surface area contributed by atoms with E-state index in [2.05, 4.69) is 12.2 Å². The van der Waals surface area contributed by atoms with Gasteiger partial charge < -0.3 is 15.0 Å². The fraction of sp³-hybridized carbons (Fsp3) is 0.231. The molecule has 0 heterocycles. The maximum Gasteiger partial charge on any atom is 0.259 e. The second-order valence-electron chi connectivity index (χ2n) is 7.38. The van der Waals surface area contributed by atoms with E-state index in [4.69, 9.17) is 4.74 Å². The third-order valence-electron chi connectivity index (χ3n) is 4.86. The molecule has 3 rings (SSSR count). The molecule has 5 nitrogen and oxygen atoms in total. The molecule has 0 aliphatic heterocycles. The van der Waals surface area contributed by atoms with E-state index >= 15 is 0 Å². The molecule has 0 bridgehead atoms. The number of nitrogens with zero attached hydrogens (tertiary/aromatic N) is 1. The summed E-state index contributed by atoms with van der Waals surface area (Å²) in [5.74, 6) is 0.181. The van der Waals surface area contributed by atoms with Crippen molar-refractivity contribution >= 4 is 17.5 Å². The summed E-state index contributed by atoms with van der Waals surface area (Å²) in [6.45, 7) is 3.17. The van der Waals surface area contributed by atoms with Crippen LogP contribution in [0.3, 0.4) is 0 Å². The van der Waals surface area contributed by atoms with E-state index in [-0.39, 0.29) is 11.8 Å². The number of ether oxygens (including phenoxy) is 1. The quantitative estimate of drug-likeness (QED) is 0.476. The third-order valence-corrected chi connectivity index (χ3v) is 4.86. The van der Waals surface area contributed by atoms with Gasteiger partial charge in [0.1, 0.15) is 5.75 Å². The first-order valence-electron chi connectivity index (χ1n) is 10.5. The Bertz CT molecular complexity index is 1020. The summed E-state index contributed by atoms with van der Waals surface area (Å²) in [5, 5.41) is 2.88. The third kappa shape index (κ3) is 6.19. The molecule has 0 aromatic heterocycles. The van der Waals surface area contributed by atoms with Crippen molar-refractivity contribution in [3.8, 4) is 5.75 Å². The highest BCUT2D eigenvalue weighted by molar-refractivity contribution is 6.06. The zero-order chi connectivity index (χ0) is 22.1. The van der Waals surface area contributed by atoms with Crippen LogP contribution in [-0.4, -0.2) is 30.4 Å². The summed E-state index contributed by atoms with van der Waals surface area (Å²) in [7, 11) is 1.77. The molecule has 0 aliphatic rings. The van der Waals surface area contributed by atoms with Crippen LogP contribution in [0.25, 0.3) is 0 Å². The molecule has 160 valence electrons. The number of rotatable bonds is 9. The minimum atomic E-state index is -0.269. The van der Waals surface area contributed by atoms with Crippen LogP contribution >= 0.6 is 0 Å². The maximum absolute atomic E-state index is 12.9. The molecule has 0 fully saturated rings. The van der Waals surface area contributed by atoms with Gasteiger partial charge in [-0.3, -0.25) is 9.59 Å². The van der Waals surface area contributed by atoms with Crippen LogP contribution in [0.15, 0.2) is 78.9 Å². The molecule has 0 unspecified atom stereocenters. The highest BCUT2D eigenvalue weighted by Gasteiger charge is 2.15. The Hall–Kier alpha value is -3.60. The molecule has 0 aliphatic carbocycles. The molecule has 3 aromatic rings. The molecule has 0 radical (unpaired) electrons. The van der Waals surface area contributed by atoms with Crippen LogP contribution in [0.4, 0.5) is 5.69 Å². The van der Waals surface area contributed by atoms with Gasteiger partial charge in [-0.2, -0.15) is 0 Å². The van der Waals surface area contributed by atoms with Crippen LogP contribution < -0.4 is 10.1 Å². The maximum atomic E-state index is 12.9. The fourth-order valence-electron chi connectivity index (χ4n) is 3.18. The lowest BCUT2D eigenvalue weighted by atomic mass is 10.1. The molecule has 5 heteroatoms. The Morgan fingerprint density at radius 2 is 1.68 bits per heavy atom. The Balaban J connectivity index is 1.69. The molecule has 0 saturated carbocycles. The van der Waals surface area contributed by atoms with Crippen molar-refractivity contribution < 1.29 is 14.3 Å². The predicted molar refractivity (Wildman–Crippen MR) is 123 cm³/mol. The first-order chi connectivity index (χ1) is 15.1. The van der Waals surface area contributed by atoms with Gasteiger partial charge in [0.2, 0.25) is 0 Å². The number of hydrogen-bond donors (Lipinski definition) is 1. The van der Waals surface area contributed by atoms with Crippen molar-refractivity contribution in [1.29, 1.82) is 0 Å².